The lowest BCUT2D eigenvalue weighted by Gasteiger charge is -2.34. The highest BCUT2D eigenvalue weighted by Crippen LogP contribution is 2.45. The van der Waals surface area contributed by atoms with Gasteiger partial charge in [0.2, 0.25) is 0 Å². The van der Waals surface area contributed by atoms with Crippen molar-refractivity contribution in [3.05, 3.63) is 70.3 Å². The van der Waals surface area contributed by atoms with Gasteiger partial charge in [0.15, 0.2) is 0 Å². The summed E-state index contributed by atoms with van der Waals surface area (Å²) < 4.78 is 84.0. The summed E-state index contributed by atoms with van der Waals surface area (Å²) >= 11 is 0. The van der Waals surface area contributed by atoms with E-state index >= 15 is 0 Å². The molecule has 2 aromatic carbocycles. The highest BCUT2D eigenvalue weighted by molar-refractivity contribution is 5.57. The Morgan fingerprint density at radius 3 is 1.74 bits per heavy atom. The minimum Gasteiger partial charge on any atom is -0.493 e. The van der Waals surface area contributed by atoms with Crippen LogP contribution in [0.25, 0.3) is 6.08 Å². The highest BCUT2D eigenvalue weighted by atomic mass is 19.4. The lowest BCUT2D eigenvalue weighted by molar-refractivity contribution is -0.347. The summed E-state index contributed by atoms with van der Waals surface area (Å²) in [6.07, 6.45) is -10.2. The van der Waals surface area contributed by atoms with Crippen LogP contribution >= 0.6 is 0 Å². The Bertz CT molecular complexity index is 1090. The van der Waals surface area contributed by atoms with Crippen molar-refractivity contribution in [2.24, 2.45) is 5.92 Å². The lowest BCUT2D eigenvalue weighted by Crippen LogP contribution is -2.55. The second-order valence-electron chi connectivity index (χ2n) is 9.48. The first kappa shape index (κ1) is 31.7. The van der Waals surface area contributed by atoms with E-state index in [4.69, 9.17) is 4.74 Å². The van der Waals surface area contributed by atoms with Crippen LogP contribution in [0.4, 0.5) is 26.3 Å². The number of hydrogen-bond donors (Lipinski definition) is 3. The number of hydrogen-bond acceptors (Lipinski definition) is 4. The van der Waals surface area contributed by atoms with Gasteiger partial charge < -0.3 is 20.1 Å². The molecule has 0 heterocycles. The summed E-state index contributed by atoms with van der Waals surface area (Å²) in [6, 6.07) is 10.5. The fraction of sp³-hybridized carbons (Fsp3) is 0.500. The molecule has 0 unspecified atom stereocenters. The van der Waals surface area contributed by atoms with Crippen LogP contribution in [0.3, 0.4) is 0 Å². The molecular weight excluding hydrogens is 514 g/mol. The lowest BCUT2D eigenvalue weighted by atomic mass is 9.70. The maximum absolute atomic E-state index is 13.0. The van der Waals surface area contributed by atoms with E-state index in [0.717, 1.165) is 16.7 Å². The van der Waals surface area contributed by atoms with Gasteiger partial charge >= 0.3 is 12.4 Å². The largest absolute Gasteiger partial charge is 0.493 e. The Hall–Kier alpha value is -2.56. The molecular formula is C28H34F6O4. The Kier molecular flexibility index (Phi) is 10.1. The minimum absolute atomic E-state index is 0.115. The van der Waals surface area contributed by atoms with Crippen molar-refractivity contribution >= 4 is 6.08 Å². The Morgan fingerprint density at radius 1 is 0.816 bits per heavy atom. The van der Waals surface area contributed by atoms with E-state index in [9.17, 15) is 41.7 Å². The first-order valence-electron chi connectivity index (χ1n) is 12.2. The smallest absolute Gasteiger partial charge is 0.430 e. The van der Waals surface area contributed by atoms with Crippen molar-refractivity contribution in [3.63, 3.8) is 0 Å². The number of aliphatic hydroxyl groups excluding tert-OH is 2. The van der Waals surface area contributed by atoms with Crippen molar-refractivity contribution in [3.8, 4) is 5.75 Å². The van der Waals surface area contributed by atoms with Crippen LogP contribution in [0.5, 0.6) is 5.75 Å². The van der Waals surface area contributed by atoms with Crippen molar-refractivity contribution in [1.82, 2.24) is 0 Å². The zero-order valence-corrected chi connectivity index (χ0v) is 21.7. The number of aryl methyl sites for hydroxylation is 2. The molecule has 0 saturated carbocycles. The van der Waals surface area contributed by atoms with Gasteiger partial charge in [-0.25, -0.2) is 0 Å². The quantitative estimate of drug-likeness (QED) is 0.290. The fourth-order valence-corrected chi connectivity index (χ4v) is 4.43. The van der Waals surface area contributed by atoms with Crippen molar-refractivity contribution in [2.45, 2.75) is 63.9 Å². The average Bonchev–Trinajstić information content (AvgIpc) is 2.84. The second kappa shape index (κ2) is 12.1. The third kappa shape index (κ3) is 6.35. The topological polar surface area (TPSA) is 69.9 Å². The van der Waals surface area contributed by atoms with E-state index < -0.39 is 29.3 Å². The summed E-state index contributed by atoms with van der Waals surface area (Å²) in [6.45, 7) is 7.16. The van der Waals surface area contributed by atoms with E-state index in [2.05, 4.69) is 0 Å². The number of alkyl halides is 6. The molecule has 0 atom stereocenters. The Labute approximate surface area is 218 Å². The predicted molar refractivity (Wildman–Crippen MR) is 133 cm³/mol. The van der Waals surface area contributed by atoms with Crippen molar-refractivity contribution < 1.29 is 46.4 Å². The van der Waals surface area contributed by atoms with Crippen LogP contribution in [-0.2, 0) is 5.41 Å². The van der Waals surface area contributed by atoms with E-state index in [-0.39, 0.29) is 31.5 Å². The van der Waals surface area contributed by atoms with Gasteiger partial charge in [0, 0.05) is 11.3 Å². The molecule has 0 aliphatic rings. The molecule has 2 aromatic rings. The maximum Gasteiger partial charge on any atom is 0.430 e. The normalized spacial score (nSPS) is 13.5. The summed E-state index contributed by atoms with van der Waals surface area (Å²) in [7, 11) is 0. The molecule has 212 valence electrons. The zero-order chi connectivity index (χ0) is 28.9. The molecule has 10 heteroatoms. The third-order valence-corrected chi connectivity index (χ3v) is 7.12. The van der Waals surface area contributed by atoms with Crippen LogP contribution in [-0.4, -0.2) is 53.1 Å². The molecule has 0 bridgehead atoms. The first-order chi connectivity index (χ1) is 17.6. The van der Waals surface area contributed by atoms with Gasteiger partial charge in [-0.05, 0) is 66.6 Å². The molecule has 0 radical (unpaired) electrons. The van der Waals surface area contributed by atoms with Gasteiger partial charge in [0.1, 0.15) is 5.75 Å². The second-order valence-corrected chi connectivity index (χ2v) is 9.48. The number of halogens is 6. The molecule has 0 aliphatic heterocycles. The molecule has 3 N–H and O–H groups in total. The van der Waals surface area contributed by atoms with Gasteiger partial charge in [-0.1, -0.05) is 50.3 Å². The van der Waals surface area contributed by atoms with E-state index in [1.54, 1.807) is 25.1 Å². The summed E-state index contributed by atoms with van der Waals surface area (Å²) in [5, 5.41) is 27.9. The molecule has 2 rings (SSSR count). The van der Waals surface area contributed by atoms with Crippen LogP contribution in [0.15, 0.2) is 42.5 Å². The van der Waals surface area contributed by atoms with E-state index in [0.29, 0.717) is 30.2 Å². The Morgan fingerprint density at radius 2 is 1.32 bits per heavy atom. The number of ether oxygens (including phenoxy) is 1. The number of benzene rings is 2. The van der Waals surface area contributed by atoms with Gasteiger partial charge in [-0.15, -0.1) is 0 Å². The molecule has 0 fully saturated rings. The highest BCUT2D eigenvalue weighted by Gasteiger charge is 2.68. The van der Waals surface area contributed by atoms with Gasteiger partial charge in [0.25, 0.3) is 5.60 Å². The van der Waals surface area contributed by atoms with Crippen LogP contribution in [0.2, 0.25) is 0 Å². The molecule has 0 aliphatic carbocycles. The molecule has 38 heavy (non-hydrogen) atoms. The Balaban J connectivity index is 2.45. The van der Waals surface area contributed by atoms with Gasteiger partial charge in [-0.2, -0.15) is 26.3 Å². The molecule has 0 aromatic heterocycles. The summed E-state index contributed by atoms with van der Waals surface area (Å²) in [4.78, 5) is 0. The van der Waals surface area contributed by atoms with Crippen LogP contribution < -0.4 is 4.74 Å². The minimum atomic E-state index is -5.93. The molecule has 0 spiro atoms. The van der Waals surface area contributed by atoms with Crippen molar-refractivity contribution in [2.75, 3.05) is 19.8 Å². The van der Waals surface area contributed by atoms with Crippen LogP contribution in [0.1, 0.15) is 54.5 Å². The standard InChI is InChI=1S/C28H34F6O4/c1-5-25(6-2,23-9-10-24(19(4)14-23)38-17-20(15-35)16-36)22-8-7-21(18(3)13-22)11-12-26(37,27(29,30)31)28(32,33)34/h7-14,20,35-37H,5-6,15-17H2,1-4H3. The SMILES string of the molecule is CCC(CC)(c1ccc(C=CC(O)(C(F)(F)F)C(F)(F)F)c(C)c1)c1ccc(OCC(CO)CO)c(C)c1. The van der Waals surface area contributed by atoms with Gasteiger partial charge in [-0.3, -0.25) is 0 Å². The third-order valence-electron chi connectivity index (χ3n) is 7.12. The van der Waals surface area contributed by atoms with Gasteiger partial charge in [0.05, 0.1) is 19.8 Å². The maximum atomic E-state index is 13.0. The zero-order valence-electron chi connectivity index (χ0n) is 21.7. The van der Waals surface area contributed by atoms with Crippen molar-refractivity contribution in [1.29, 1.82) is 0 Å². The molecule has 0 saturated heterocycles. The number of rotatable bonds is 11. The van der Waals surface area contributed by atoms with Crippen LogP contribution in [0, 0.1) is 19.8 Å². The summed E-state index contributed by atoms with van der Waals surface area (Å²) in [5.41, 5.74) is -2.26. The summed E-state index contributed by atoms with van der Waals surface area (Å²) in [5.74, 6) is 0.193. The molecule has 4 nitrogen and oxygen atoms in total. The monoisotopic (exact) mass is 548 g/mol. The molecule has 0 amide bonds. The predicted octanol–water partition coefficient (Wildman–Crippen LogP) is 6.26. The average molecular weight is 549 g/mol. The fourth-order valence-electron chi connectivity index (χ4n) is 4.43. The van der Waals surface area contributed by atoms with E-state index in [1.807, 2.05) is 32.9 Å². The number of aliphatic hydroxyl groups is 3. The van der Waals surface area contributed by atoms with E-state index in [1.165, 1.54) is 6.07 Å². The first-order valence-corrected chi connectivity index (χ1v) is 12.2.